The van der Waals surface area contributed by atoms with E-state index in [1.54, 1.807) is 0 Å². The summed E-state index contributed by atoms with van der Waals surface area (Å²) in [5.41, 5.74) is 13.5. The van der Waals surface area contributed by atoms with Crippen molar-refractivity contribution in [2.45, 2.75) is 25.3 Å². The summed E-state index contributed by atoms with van der Waals surface area (Å²) in [6, 6.07) is 51.5. The predicted octanol–water partition coefficient (Wildman–Crippen LogP) is 10.3. The van der Waals surface area contributed by atoms with Gasteiger partial charge in [0.25, 0.3) is 0 Å². The third-order valence-corrected chi connectivity index (χ3v) is 8.92. The fourth-order valence-electron chi connectivity index (χ4n) is 6.97. The molecule has 2 aliphatic carbocycles. The van der Waals surface area contributed by atoms with Crippen LogP contribution in [0.4, 0.5) is 5.69 Å². The maximum Gasteiger partial charge on any atom is 0.0635 e. The minimum atomic E-state index is 0.207. The number of allylic oxidation sites excluding steroid dienone is 1. The van der Waals surface area contributed by atoms with Gasteiger partial charge in [0.2, 0.25) is 0 Å². The molecule has 196 valence electrons. The summed E-state index contributed by atoms with van der Waals surface area (Å²) < 4.78 is 0. The zero-order valence-electron chi connectivity index (χ0n) is 23.0. The van der Waals surface area contributed by atoms with Gasteiger partial charge in [0, 0.05) is 11.4 Å². The quantitative estimate of drug-likeness (QED) is 0.221. The molecule has 0 radical (unpaired) electrons. The van der Waals surface area contributed by atoms with E-state index in [0.29, 0.717) is 0 Å². The van der Waals surface area contributed by atoms with Crippen molar-refractivity contribution >= 4 is 22.5 Å². The first kappa shape index (κ1) is 24.0. The zero-order chi connectivity index (χ0) is 27.2. The standard InChI is InChI=1S/C40H31N/c1-2-10-28(11-3-1)30-20-23-34(24-21-30)41(35-25-22-29-12-4-5-14-32(29)26-35)39-27-33-19-18-31-13-6-7-15-36(31)40(33)38-17-9-8-16-37(38)39/h1-21,23-24,26,39H,22,25,27H2. The molecule has 8 rings (SSSR count). The Morgan fingerprint density at radius 2 is 1.27 bits per heavy atom. The van der Waals surface area contributed by atoms with Gasteiger partial charge >= 0.3 is 0 Å². The number of nitrogens with zero attached hydrogens (tertiary/aromatic N) is 1. The van der Waals surface area contributed by atoms with E-state index in [1.165, 1.54) is 66.7 Å². The van der Waals surface area contributed by atoms with Crippen molar-refractivity contribution in [2.24, 2.45) is 0 Å². The van der Waals surface area contributed by atoms with E-state index < -0.39 is 0 Å². The SMILES string of the molecule is C1=C(N(c2ccc(-c3ccccc3)cc2)C2Cc3ccc4ccccc4c3-c3ccccc32)CCc2ccccc21. The molecule has 0 saturated carbocycles. The highest BCUT2D eigenvalue weighted by Gasteiger charge is 2.32. The van der Waals surface area contributed by atoms with Crippen LogP contribution in [-0.4, -0.2) is 0 Å². The lowest BCUT2D eigenvalue weighted by Gasteiger charge is -2.41. The lowest BCUT2D eigenvalue weighted by atomic mass is 9.79. The van der Waals surface area contributed by atoms with Gasteiger partial charge in [-0.25, -0.2) is 0 Å². The number of hydrogen-bond donors (Lipinski definition) is 0. The molecule has 0 aliphatic heterocycles. The van der Waals surface area contributed by atoms with E-state index in [9.17, 15) is 0 Å². The van der Waals surface area contributed by atoms with Gasteiger partial charge in [-0.2, -0.15) is 0 Å². The first-order chi connectivity index (χ1) is 20.3. The molecule has 6 aromatic carbocycles. The van der Waals surface area contributed by atoms with Crippen LogP contribution in [0.3, 0.4) is 0 Å². The van der Waals surface area contributed by atoms with E-state index >= 15 is 0 Å². The fourth-order valence-corrected chi connectivity index (χ4v) is 6.97. The highest BCUT2D eigenvalue weighted by molar-refractivity contribution is 6.00. The molecule has 1 nitrogen and oxygen atoms in total. The van der Waals surface area contributed by atoms with Crippen LogP contribution >= 0.6 is 0 Å². The van der Waals surface area contributed by atoms with E-state index in [4.69, 9.17) is 0 Å². The molecular formula is C40H31N. The lowest BCUT2D eigenvalue weighted by Crippen LogP contribution is -2.32. The number of aryl methyl sites for hydroxylation is 1. The molecule has 0 heterocycles. The Kier molecular flexibility index (Phi) is 5.81. The molecule has 0 bridgehead atoms. The van der Waals surface area contributed by atoms with Crippen LogP contribution in [0.1, 0.15) is 34.7 Å². The average Bonchev–Trinajstić information content (AvgIpc) is 3.05. The second-order valence-electron chi connectivity index (χ2n) is 11.2. The molecule has 0 N–H and O–H groups in total. The average molecular weight is 526 g/mol. The van der Waals surface area contributed by atoms with Gasteiger partial charge in [-0.3, -0.25) is 0 Å². The number of fused-ring (bicyclic) bond motifs is 6. The molecule has 0 saturated heterocycles. The lowest BCUT2D eigenvalue weighted by molar-refractivity contribution is 0.644. The minimum absolute atomic E-state index is 0.207. The van der Waals surface area contributed by atoms with Gasteiger partial charge in [-0.1, -0.05) is 127 Å². The summed E-state index contributed by atoms with van der Waals surface area (Å²) in [5, 5.41) is 2.65. The van der Waals surface area contributed by atoms with Crippen molar-refractivity contribution in [1.29, 1.82) is 0 Å². The van der Waals surface area contributed by atoms with Crippen LogP contribution in [0.5, 0.6) is 0 Å². The second-order valence-corrected chi connectivity index (χ2v) is 11.2. The van der Waals surface area contributed by atoms with Crippen molar-refractivity contribution in [3.05, 3.63) is 167 Å². The second kappa shape index (κ2) is 9.94. The smallest absolute Gasteiger partial charge is 0.0635 e. The highest BCUT2D eigenvalue weighted by atomic mass is 15.2. The van der Waals surface area contributed by atoms with Gasteiger partial charge in [0.1, 0.15) is 0 Å². The summed E-state index contributed by atoms with van der Waals surface area (Å²) in [6.45, 7) is 0. The van der Waals surface area contributed by atoms with Crippen LogP contribution in [0.25, 0.3) is 39.1 Å². The predicted molar refractivity (Wildman–Crippen MR) is 173 cm³/mol. The van der Waals surface area contributed by atoms with Gasteiger partial charge in [0.05, 0.1) is 6.04 Å². The Balaban J connectivity index is 1.30. The normalized spacial score (nSPS) is 15.4. The van der Waals surface area contributed by atoms with Crippen molar-refractivity contribution in [1.82, 2.24) is 0 Å². The maximum absolute atomic E-state index is 2.64. The summed E-state index contributed by atoms with van der Waals surface area (Å²) in [7, 11) is 0. The monoisotopic (exact) mass is 525 g/mol. The van der Waals surface area contributed by atoms with Crippen molar-refractivity contribution in [3.63, 3.8) is 0 Å². The van der Waals surface area contributed by atoms with Crippen molar-refractivity contribution < 1.29 is 0 Å². The summed E-state index contributed by atoms with van der Waals surface area (Å²) in [4.78, 5) is 2.64. The molecule has 0 spiro atoms. The Hall–Kier alpha value is -4.88. The van der Waals surface area contributed by atoms with Gasteiger partial charge in [-0.15, -0.1) is 0 Å². The molecule has 41 heavy (non-hydrogen) atoms. The number of rotatable bonds is 4. The van der Waals surface area contributed by atoms with Crippen LogP contribution < -0.4 is 4.90 Å². The molecule has 1 atom stereocenters. The number of hydrogen-bond acceptors (Lipinski definition) is 1. The first-order valence-corrected chi connectivity index (χ1v) is 14.7. The molecule has 1 heteroatoms. The van der Waals surface area contributed by atoms with Crippen LogP contribution in [0.15, 0.2) is 145 Å². The van der Waals surface area contributed by atoms with E-state index in [2.05, 4.69) is 151 Å². The molecule has 2 aliphatic rings. The van der Waals surface area contributed by atoms with Crippen molar-refractivity contribution in [2.75, 3.05) is 4.90 Å². The maximum atomic E-state index is 2.64. The Morgan fingerprint density at radius 1 is 0.537 bits per heavy atom. The first-order valence-electron chi connectivity index (χ1n) is 14.7. The highest BCUT2D eigenvalue weighted by Crippen LogP contribution is 2.47. The number of benzene rings is 6. The molecular weight excluding hydrogens is 494 g/mol. The van der Waals surface area contributed by atoms with Gasteiger partial charge in [0.15, 0.2) is 0 Å². The topological polar surface area (TPSA) is 3.24 Å². The molecule has 0 amide bonds. The van der Waals surface area contributed by atoms with Crippen LogP contribution in [0, 0.1) is 0 Å². The number of anilines is 1. The molecule has 0 fully saturated rings. The Labute approximate surface area is 242 Å². The largest absolute Gasteiger partial charge is 0.337 e. The third kappa shape index (κ3) is 4.17. The van der Waals surface area contributed by atoms with E-state index in [1.807, 2.05) is 0 Å². The van der Waals surface area contributed by atoms with E-state index in [0.717, 1.165) is 19.3 Å². The fraction of sp³-hybridized carbons (Fsp3) is 0.100. The molecule has 0 aromatic heterocycles. The molecule has 1 unspecified atom stereocenters. The van der Waals surface area contributed by atoms with E-state index in [-0.39, 0.29) is 6.04 Å². The minimum Gasteiger partial charge on any atom is -0.337 e. The Morgan fingerprint density at radius 3 is 2.17 bits per heavy atom. The summed E-state index contributed by atoms with van der Waals surface area (Å²) in [5.74, 6) is 0. The zero-order valence-corrected chi connectivity index (χ0v) is 23.0. The Bertz CT molecular complexity index is 1910. The van der Waals surface area contributed by atoms with Gasteiger partial charge < -0.3 is 4.90 Å². The van der Waals surface area contributed by atoms with Crippen LogP contribution in [-0.2, 0) is 12.8 Å². The molecule has 6 aromatic rings. The van der Waals surface area contributed by atoms with Crippen LogP contribution in [0.2, 0.25) is 0 Å². The summed E-state index contributed by atoms with van der Waals surface area (Å²) >= 11 is 0. The van der Waals surface area contributed by atoms with Crippen molar-refractivity contribution in [3.8, 4) is 22.3 Å². The third-order valence-electron chi connectivity index (χ3n) is 8.92. The summed E-state index contributed by atoms with van der Waals surface area (Å²) in [6.07, 6.45) is 5.50. The van der Waals surface area contributed by atoms with Gasteiger partial charge in [-0.05, 0) is 92.8 Å².